The number of hydrogen-bond acceptors (Lipinski definition) is 4. The average Bonchev–Trinajstić information content (AvgIpc) is 3.56. The summed E-state index contributed by atoms with van der Waals surface area (Å²) in [5.41, 5.74) is 11.3. The predicted molar refractivity (Wildman–Crippen MR) is 211 cm³/mol. The van der Waals surface area contributed by atoms with Crippen LogP contribution in [0, 0.1) is 6.92 Å². The number of aryl methyl sites for hydroxylation is 1. The predicted octanol–water partition coefficient (Wildman–Crippen LogP) is 12.6. The van der Waals surface area contributed by atoms with Gasteiger partial charge in [0.1, 0.15) is 11.2 Å². The molecule has 0 unspecified atom stereocenters. The van der Waals surface area contributed by atoms with E-state index in [1.165, 1.54) is 22.3 Å². The Labute approximate surface area is 296 Å². The molecule has 2 aromatic heterocycles. The molecule has 0 aliphatic heterocycles. The van der Waals surface area contributed by atoms with E-state index < -0.39 is 0 Å². The molecule has 0 N–H and O–H groups in total. The Hall–Kier alpha value is -6.65. The maximum atomic E-state index is 6.83. The first-order valence-corrected chi connectivity index (χ1v) is 17.2. The van der Waals surface area contributed by atoms with E-state index in [0.717, 1.165) is 60.5 Å². The van der Waals surface area contributed by atoms with Gasteiger partial charge in [0.05, 0.1) is 0 Å². The third-order valence-corrected chi connectivity index (χ3v) is 9.58. The molecule has 51 heavy (non-hydrogen) atoms. The highest BCUT2D eigenvalue weighted by molar-refractivity contribution is 6.18. The lowest BCUT2D eigenvalue weighted by Gasteiger charge is -2.11. The Bertz CT molecular complexity index is 2690. The molecule has 4 heteroatoms. The highest BCUT2D eigenvalue weighted by atomic mass is 16.3. The van der Waals surface area contributed by atoms with Crippen molar-refractivity contribution in [3.63, 3.8) is 0 Å². The van der Waals surface area contributed by atoms with Crippen molar-refractivity contribution in [3.8, 4) is 56.4 Å². The summed E-state index contributed by atoms with van der Waals surface area (Å²) in [5.74, 6) is 1.85. The molecule has 0 aliphatic rings. The van der Waals surface area contributed by atoms with E-state index in [0.29, 0.717) is 17.5 Å². The fourth-order valence-corrected chi connectivity index (χ4v) is 6.93. The molecule has 9 aromatic rings. The quantitative estimate of drug-likeness (QED) is 0.179. The van der Waals surface area contributed by atoms with Gasteiger partial charge in [-0.05, 0) is 82.8 Å². The van der Waals surface area contributed by atoms with E-state index in [4.69, 9.17) is 19.4 Å². The average molecular weight is 656 g/mol. The van der Waals surface area contributed by atoms with Gasteiger partial charge in [0.2, 0.25) is 0 Å². The van der Waals surface area contributed by atoms with E-state index in [9.17, 15) is 0 Å². The number of allylic oxidation sites excluding steroid dienone is 1. The van der Waals surface area contributed by atoms with E-state index >= 15 is 0 Å². The Balaban J connectivity index is 1.26. The van der Waals surface area contributed by atoms with Crippen LogP contribution in [0.5, 0.6) is 0 Å². The summed E-state index contributed by atoms with van der Waals surface area (Å²) in [6, 6.07) is 52.6. The molecule has 9 rings (SSSR count). The van der Waals surface area contributed by atoms with E-state index in [1.54, 1.807) is 0 Å². The van der Waals surface area contributed by atoms with Crippen molar-refractivity contribution in [1.82, 2.24) is 15.0 Å². The fraction of sp³-hybridized carbons (Fsp3) is 0.0426. The van der Waals surface area contributed by atoms with Crippen LogP contribution in [0.4, 0.5) is 0 Å². The molecule has 0 atom stereocenters. The van der Waals surface area contributed by atoms with Crippen molar-refractivity contribution in [2.24, 2.45) is 0 Å². The molecular formula is C47H33N3O. The fourth-order valence-electron chi connectivity index (χ4n) is 6.93. The number of nitrogens with zero attached hydrogens (tertiary/aromatic N) is 3. The van der Waals surface area contributed by atoms with Crippen LogP contribution in [0.15, 0.2) is 162 Å². The SMILES string of the molecule is C/C=C\c1cc(-c2ccc(-c3ccc(-c4nc(-c5ccccc5)nc(-c5ccccc5)n4)c4c3oc3cc5ccccc5cc34)cc2)ccc1C. The second-order valence-electron chi connectivity index (χ2n) is 12.8. The summed E-state index contributed by atoms with van der Waals surface area (Å²) >= 11 is 0. The molecule has 0 saturated heterocycles. The summed E-state index contributed by atoms with van der Waals surface area (Å²) in [6.07, 6.45) is 4.25. The summed E-state index contributed by atoms with van der Waals surface area (Å²) in [7, 11) is 0. The highest BCUT2D eigenvalue weighted by Crippen LogP contribution is 2.43. The minimum absolute atomic E-state index is 0.599. The Morgan fingerprint density at radius 3 is 1.73 bits per heavy atom. The zero-order valence-electron chi connectivity index (χ0n) is 28.3. The van der Waals surface area contributed by atoms with Crippen LogP contribution in [-0.4, -0.2) is 15.0 Å². The number of fused-ring (bicyclic) bond motifs is 4. The molecular weight excluding hydrogens is 623 g/mol. The molecule has 0 saturated carbocycles. The normalized spacial score (nSPS) is 11.6. The monoisotopic (exact) mass is 655 g/mol. The topological polar surface area (TPSA) is 51.8 Å². The number of furan rings is 1. The summed E-state index contributed by atoms with van der Waals surface area (Å²) in [5, 5.41) is 4.28. The summed E-state index contributed by atoms with van der Waals surface area (Å²) in [4.78, 5) is 15.1. The lowest BCUT2D eigenvalue weighted by Crippen LogP contribution is -2.00. The van der Waals surface area contributed by atoms with Crippen molar-refractivity contribution >= 4 is 38.8 Å². The molecule has 4 nitrogen and oxygen atoms in total. The lowest BCUT2D eigenvalue weighted by molar-refractivity contribution is 0.670. The molecule has 0 spiro atoms. The van der Waals surface area contributed by atoms with Crippen LogP contribution in [0.25, 0.3) is 95.2 Å². The van der Waals surface area contributed by atoms with Gasteiger partial charge in [0, 0.05) is 33.0 Å². The van der Waals surface area contributed by atoms with Crippen molar-refractivity contribution in [3.05, 3.63) is 169 Å². The highest BCUT2D eigenvalue weighted by Gasteiger charge is 2.21. The molecule has 0 amide bonds. The number of benzene rings is 7. The van der Waals surface area contributed by atoms with Crippen molar-refractivity contribution in [2.75, 3.05) is 0 Å². The molecule has 2 heterocycles. The van der Waals surface area contributed by atoms with Gasteiger partial charge >= 0.3 is 0 Å². The number of hydrogen-bond donors (Lipinski definition) is 0. The summed E-state index contributed by atoms with van der Waals surface area (Å²) in [6.45, 7) is 4.20. The van der Waals surface area contributed by atoms with Crippen LogP contribution in [-0.2, 0) is 0 Å². The Morgan fingerprint density at radius 2 is 1.06 bits per heavy atom. The first-order valence-electron chi connectivity index (χ1n) is 17.2. The first-order chi connectivity index (χ1) is 25.1. The van der Waals surface area contributed by atoms with Gasteiger partial charge in [0.15, 0.2) is 17.5 Å². The van der Waals surface area contributed by atoms with Crippen LogP contribution in [0.2, 0.25) is 0 Å². The maximum Gasteiger partial charge on any atom is 0.164 e. The van der Waals surface area contributed by atoms with E-state index in [2.05, 4.69) is 117 Å². The molecule has 7 aromatic carbocycles. The molecule has 0 aliphatic carbocycles. The van der Waals surface area contributed by atoms with Gasteiger partial charge in [-0.25, -0.2) is 15.0 Å². The van der Waals surface area contributed by atoms with Gasteiger partial charge < -0.3 is 4.42 Å². The van der Waals surface area contributed by atoms with Crippen molar-refractivity contribution in [2.45, 2.75) is 13.8 Å². The maximum absolute atomic E-state index is 6.83. The minimum atomic E-state index is 0.599. The van der Waals surface area contributed by atoms with Crippen molar-refractivity contribution < 1.29 is 4.42 Å². The van der Waals surface area contributed by atoms with E-state index in [1.807, 2.05) is 60.7 Å². The van der Waals surface area contributed by atoms with Gasteiger partial charge in [-0.15, -0.1) is 0 Å². The third kappa shape index (κ3) is 5.57. The lowest BCUT2D eigenvalue weighted by atomic mass is 9.95. The second kappa shape index (κ2) is 12.7. The zero-order chi connectivity index (χ0) is 34.3. The third-order valence-electron chi connectivity index (χ3n) is 9.58. The first kappa shape index (κ1) is 30.4. The second-order valence-corrected chi connectivity index (χ2v) is 12.8. The van der Waals surface area contributed by atoms with Crippen molar-refractivity contribution in [1.29, 1.82) is 0 Å². The molecule has 0 radical (unpaired) electrons. The van der Waals surface area contributed by atoms with Crippen LogP contribution in [0.3, 0.4) is 0 Å². The summed E-state index contributed by atoms with van der Waals surface area (Å²) < 4.78 is 6.83. The van der Waals surface area contributed by atoms with Gasteiger partial charge in [-0.1, -0.05) is 133 Å². The molecule has 242 valence electrons. The smallest absolute Gasteiger partial charge is 0.164 e. The minimum Gasteiger partial charge on any atom is -0.455 e. The van der Waals surface area contributed by atoms with E-state index in [-0.39, 0.29) is 0 Å². The van der Waals surface area contributed by atoms with Gasteiger partial charge in [-0.3, -0.25) is 0 Å². The number of aromatic nitrogens is 3. The Kier molecular flexibility index (Phi) is 7.55. The van der Waals surface area contributed by atoms with Gasteiger partial charge in [-0.2, -0.15) is 0 Å². The molecule has 0 fully saturated rings. The molecule has 0 bridgehead atoms. The van der Waals surface area contributed by atoms with Crippen LogP contribution in [0.1, 0.15) is 18.1 Å². The van der Waals surface area contributed by atoms with Crippen LogP contribution < -0.4 is 0 Å². The van der Waals surface area contributed by atoms with Gasteiger partial charge in [0.25, 0.3) is 0 Å². The number of rotatable bonds is 6. The standard InChI is InChI=1S/C47H33N3O/c1-3-12-35-27-38(20-19-30(35)2)31-21-23-32(24-22-31)39-25-26-40(43-41-28-36-17-10-11-18-37(36)29-42(41)51-44(39)43)47-49-45(33-13-6-4-7-14-33)48-46(50-47)34-15-8-5-9-16-34/h3-29H,1-2H3/b12-3-. The zero-order valence-corrected chi connectivity index (χ0v) is 28.3. The Morgan fingerprint density at radius 1 is 0.490 bits per heavy atom. The van der Waals surface area contributed by atoms with Crippen LogP contribution >= 0.6 is 0 Å². The largest absolute Gasteiger partial charge is 0.455 e.